The average Bonchev–Trinajstić information content (AvgIpc) is 2.69. The van der Waals surface area contributed by atoms with Gasteiger partial charge >= 0.3 is 0 Å². The van der Waals surface area contributed by atoms with Crippen LogP contribution < -0.4 is 4.74 Å². The Morgan fingerprint density at radius 1 is 1.27 bits per heavy atom. The zero-order valence-electron chi connectivity index (χ0n) is 17.7. The number of aliphatic hydroxyl groups excluding tert-OH is 1. The molecule has 1 aliphatic heterocycles. The highest BCUT2D eigenvalue weighted by molar-refractivity contribution is 7.89. The Labute approximate surface area is 177 Å². The number of nitrogens with zero attached hydrogens (tertiary/aromatic N) is 2. The minimum atomic E-state index is -3.91. The molecular weight excluding hydrogens is 407 g/mol. The van der Waals surface area contributed by atoms with Gasteiger partial charge in [-0.25, -0.2) is 12.8 Å². The van der Waals surface area contributed by atoms with Gasteiger partial charge in [0.15, 0.2) is 0 Å². The van der Waals surface area contributed by atoms with Crippen molar-refractivity contribution < 1.29 is 22.7 Å². The first-order chi connectivity index (χ1) is 14.1. The van der Waals surface area contributed by atoms with Crippen molar-refractivity contribution in [3.8, 4) is 16.9 Å². The zero-order chi connectivity index (χ0) is 22.1. The number of likely N-dealkylation sites (N-methyl/N-ethyl adjacent to an activating group) is 1. The lowest BCUT2D eigenvalue weighted by atomic mass is 10.0. The topological polar surface area (TPSA) is 70.1 Å². The summed E-state index contributed by atoms with van der Waals surface area (Å²) in [6.07, 6.45) is -0.279. The van der Waals surface area contributed by atoms with Crippen molar-refractivity contribution in [3.05, 3.63) is 48.3 Å². The van der Waals surface area contributed by atoms with Gasteiger partial charge in [0.05, 0.1) is 6.61 Å². The Balaban J connectivity index is 2.17. The molecule has 0 radical (unpaired) electrons. The molecule has 2 aromatic rings. The van der Waals surface area contributed by atoms with Crippen molar-refractivity contribution in [1.29, 1.82) is 0 Å². The predicted molar refractivity (Wildman–Crippen MR) is 114 cm³/mol. The molecule has 0 saturated heterocycles. The first-order valence-electron chi connectivity index (χ1n) is 9.98. The lowest BCUT2D eigenvalue weighted by molar-refractivity contribution is 0.0813. The number of hydrogen-bond acceptors (Lipinski definition) is 5. The third kappa shape index (κ3) is 4.51. The highest BCUT2D eigenvalue weighted by Crippen LogP contribution is 2.37. The maximum Gasteiger partial charge on any atom is 0.247 e. The van der Waals surface area contributed by atoms with E-state index in [0.717, 1.165) is 0 Å². The molecule has 0 amide bonds. The van der Waals surface area contributed by atoms with Crippen LogP contribution >= 0.6 is 0 Å². The fourth-order valence-corrected chi connectivity index (χ4v) is 5.49. The van der Waals surface area contributed by atoms with E-state index >= 15 is 0 Å². The molecule has 6 nitrogen and oxygen atoms in total. The van der Waals surface area contributed by atoms with Gasteiger partial charge in [0, 0.05) is 30.6 Å². The summed E-state index contributed by atoms with van der Waals surface area (Å²) >= 11 is 0. The lowest BCUT2D eigenvalue weighted by Gasteiger charge is -2.37. The standard InChI is InChI=1S/C22H29FN2O4S/c1-15-12-25(16(2)14-26)30(27,28)22-10-9-17(18-7-5-6-8-19(18)23)11-20(22)29-21(15)13-24(3)4/h5-11,15-16,21,26H,12-14H2,1-4H3/t15-,16-,21+/m0/s1. The summed E-state index contributed by atoms with van der Waals surface area (Å²) < 4.78 is 48.7. The molecule has 0 saturated carbocycles. The van der Waals surface area contributed by atoms with E-state index in [1.165, 1.54) is 16.4 Å². The Morgan fingerprint density at radius 3 is 2.60 bits per heavy atom. The third-order valence-corrected chi connectivity index (χ3v) is 7.42. The fraction of sp³-hybridized carbons (Fsp3) is 0.455. The van der Waals surface area contributed by atoms with Gasteiger partial charge in [-0.2, -0.15) is 4.31 Å². The number of rotatable bonds is 5. The number of halogens is 1. The van der Waals surface area contributed by atoms with Crippen molar-refractivity contribution in [2.75, 3.05) is 33.8 Å². The Kier molecular flexibility index (Phi) is 6.81. The molecule has 1 N–H and O–H groups in total. The minimum absolute atomic E-state index is 0.0264. The Morgan fingerprint density at radius 2 is 1.97 bits per heavy atom. The van der Waals surface area contributed by atoms with E-state index in [2.05, 4.69) is 0 Å². The average molecular weight is 437 g/mol. The number of benzene rings is 2. The van der Waals surface area contributed by atoms with Crippen molar-refractivity contribution in [1.82, 2.24) is 9.21 Å². The molecule has 3 rings (SSSR count). The van der Waals surface area contributed by atoms with E-state index < -0.39 is 16.1 Å². The molecule has 0 fully saturated rings. The Hall–Kier alpha value is -2.00. The first-order valence-corrected chi connectivity index (χ1v) is 11.4. The van der Waals surface area contributed by atoms with E-state index in [1.54, 1.807) is 37.3 Å². The highest BCUT2D eigenvalue weighted by Gasteiger charge is 2.38. The van der Waals surface area contributed by atoms with Crippen molar-refractivity contribution in [2.24, 2.45) is 5.92 Å². The van der Waals surface area contributed by atoms with Crippen LogP contribution in [-0.2, 0) is 10.0 Å². The molecule has 0 aliphatic carbocycles. The second-order valence-corrected chi connectivity index (χ2v) is 10.0. The number of fused-ring (bicyclic) bond motifs is 1. The van der Waals surface area contributed by atoms with E-state index in [9.17, 15) is 17.9 Å². The molecule has 0 bridgehead atoms. The Bertz CT molecular complexity index is 996. The van der Waals surface area contributed by atoms with Crippen LogP contribution in [0.15, 0.2) is 47.4 Å². The quantitative estimate of drug-likeness (QED) is 0.781. The second kappa shape index (κ2) is 9.01. The molecule has 1 aliphatic rings. The zero-order valence-corrected chi connectivity index (χ0v) is 18.6. The van der Waals surface area contributed by atoms with Crippen molar-refractivity contribution in [3.63, 3.8) is 0 Å². The van der Waals surface area contributed by atoms with Crippen LogP contribution in [0.3, 0.4) is 0 Å². The maximum absolute atomic E-state index is 14.3. The fourth-order valence-electron chi connectivity index (χ4n) is 3.67. The van der Waals surface area contributed by atoms with Crippen LogP contribution in [0.5, 0.6) is 5.75 Å². The van der Waals surface area contributed by atoms with Gasteiger partial charge in [0.25, 0.3) is 0 Å². The van der Waals surface area contributed by atoms with E-state index in [1.807, 2.05) is 25.9 Å². The van der Waals surface area contributed by atoms with E-state index in [0.29, 0.717) is 17.7 Å². The van der Waals surface area contributed by atoms with Crippen molar-refractivity contribution in [2.45, 2.75) is 30.9 Å². The molecule has 0 spiro atoms. The van der Waals surface area contributed by atoms with Crippen LogP contribution in [0.2, 0.25) is 0 Å². The molecule has 30 heavy (non-hydrogen) atoms. The first kappa shape index (κ1) is 22.7. The van der Waals surface area contributed by atoms with Gasteiger partial charge < -0.3 is 14.7 Å². The van der Waals surface area contributed by atoms with E-state index in [-0.39, 0.29) is 41.6 Å². The second-order valence-electron chi connectivity index (χ2n) is 8.14. The highest BCUT2D eigenvalue weighted by atomic mass is 32.2. The molecule has 164 valence electrons. The molecular formula is C22H29FN2O4S. The number of hydrogen-bond donors (Lipinski definition) is 1. The predicted octanol–water partition coefficient (Wildman–Crippen LogP) is 2.82. The summed E-state index contributed by atoms with van der Waals surface area (Å²) in [6.45, 7) is 4.16. The lowest BCUT2D eigenvalue weighted by Crippen LogP contribution is -2.49. The molecule has 2 aromatic carbocycles. The van der Waals surface area contributed by atoms with Gasteiger partial charge in [-0.05, 0) is 44.8 Å². The van der Waals surface area contributed by atoms with Gasteiger partial charge in [0.1, 0.15) is 22.6 Å². The third-order valence-electron chi connectivity index (χ3n) is 5.40. The van der Waals surface area contributed by atoms with Crippen LogP contribution in [0, 0.1) is 11.7 Å². The summed E-state index contributed by atoms with van der Waals surface area (Å²) in [5, 5.41) is 9.66. The number of sulfonamides is 1. The summed E-state index contributed by atoms with van der Waals surface area (Å²) in [4.78, 5) is 2.01. The number of aliphatic hydroxyl groups is 1. The molecule has 3 atom stereocenters. The van der Waals surface area contributed by atoms with Crippen LogP contribution in [0.1, 0.15) is 13.8 Å². The largest absolute Gasteiger partial charge is 0.487 e. The summed E-state index contributed by atoms with van der Waals surface area (Å²) in [5.74, 6) is -0.314. The van der Waals surface area contributed by atoms with Crippen LogP contribution in [0.4, 0.5) is 4.39 Å². The van der Waals surface area contributed by atoms with Gasteiger partial charge in [-0.3, -0.25) is 0 Å². The van der Waals surface area contributed by atoms with Gasteiger partial charge in [0.2, 0.25) is 10.0 Å². The summed E-state index contributed by atoms with van der Waals surface area (Å²) in [5.41, 5.74) is 0.918. The van der Waals surface area contributed by atoms with E-state index in [4.69, 9.17) is 4.74 Å². The molecule has 0 unspecified atom stereocenters. The SMILES string of the molecule is C[C@H]1CN([C@@H](C)CO)S(=O)(=O)c2ccc(-c3ccccc3F)cc2O[C@@H]1CN(C)C. The smallest absolute Gasteiger partial charge is 0.247 e. The van der Waals surface area contributed by atoms with Crippen LogP contribution in [-0.4, -0.2) is 68.7 Å². The van der Waals surface area contributed by atoms with Crippen LogP contribution in [0.25, 0.3) is 11.1 Å². The van der Waals surface area contributed by atoms with Gasteiger partial charge in [-0.1, -0.05) is 31.2 Å². The maximum atomic E-state index is 14.3. The normalized spacial score (nSPS) is 22.6. The number of ether oxygens (including phenoxy) is 1. The molecule has 8 heteroatoms. The molecule has 1 heterocycles. The summed E-state index contributed by atoms with van der Waals surface area (Å²) in [6, 6.07) is 10.4. The monoisotopic (exact) mass is 436 g/mol. The van der Waals surface area contributed by atoms with Gasteiger partial charge in [-0.15, -0.1) is 0 Å². The summed E-state index contributed by atoms with van der Waals surface area (Å²) in [7, 11) is -0.0529. The minimum Gasteiger partial charge on any atom is -0.487 e. The molecule has 0 aromatic heterocycles. The van der Waals surface area contributed by atoms with Crippen molar-refractivity contribution >= 4 is 10.0 Å².